The van der Waals surface area contributed by atoms with Gasteiger partial charge in [0.05, 0.1) is 10.0 Å². The molecule has 0 aromatic heterocycles. The highest BCUT2D eigenvalue weighted by Gasteiger charge is 2.10. The Morgan fingerprint density at radius 2 is 2.17 bits per heavy atom. The first-order valence-electron chi connectivity index (χ1n) is 3.00. The Morgan fingerprint density at radius 3 is 2.67 bits per heavy atom. The van der Waals surface area contributed by atoms with Crippen LogP contribution in [0.4, 0.5) is 4.39 Å². The predicted molar refractivity (Wildman–Crippen MR) is 44.3 cm³/mol. The molecule has 3 N–H and O–H groups in total. The maximum Gasteiger partial charge on any atom is 0.252 e. The van der Waals surface area contributed by atoms with E-state index in [0.717, 1.165) is 12.1 Å². The zero-order valence-electron chi connectivity index (χ0n) is 5.84. The first-order valence-corrected chi connectivity index (χ1v) is 3.79. The number of halogens is 2. The smallest absolute Gasteiger partial charge is 0.252 e. The van der Waals surface area contributed by atoms with Gasteiger partial charge in [-0.05, 0) is 22.0 Å². The summed E-state index contributed by atoms with van der Waals surface area (Å²) < 4.78 is 12.8. The van der Waals surface area contributed by atoms with Crippen LogP contribution in [0.2, 0.25) is 0 Å². The van der Waals surface area contributed by atoms with Crippen molar-refractivity contribution < 1.29 is 14.3 Å². The number of carbonyl (C=O) groups is 1. The van der Waals surface area contributed by atoms with E-state index in [4.69, 9.17) is 10.8 Å². The van der Waals surface area contributed by atoms with Crippen LogP contribution in [0.25, 0.3) is 0 Å². The Labute approximate surface area is 76.1 Å². The van der Waals surface area contributed by atoms with E-state index in [2.05, 4.69) is 15.9 Å². The van der Waals surface area contributed by atoms with E-state index in [1.54, 1.807) is 0 Å². The Bertz CT molecular complexity index is 340. The van der Waals surface area contributed by atoms with Gasteiger partial charge in [0.15, 0.2) is 0 Å². The summed E-state index contributed by atoms with van der Waals surface area (Å²) >= 11 is 2.85. The van der Waals surface area contributed by atoms with Crippen LogP contribution in [0.15, 0.2) is 16.6 Å². The van der Waals surface area contributed by atoms with Gasteiger partial charge in [-0.1, -0.05) is 0 Å². The summed E-state index contributed by atoms with van der Waals surface area (Å²) in [5.74, 6) is -1.89. The molecule has 1 rings (SSSR count). The molecule has 1 amide bonds. The number of nitrogens with two attached hydrogens (primary N) is 1. The van der Waals surface area contributed by atoms with Gasteiger partial charge in [0.25, 0.3) is 5.91 Å². The fourth-order valence-electron chi connectivity index (χ4n) is 0.734. The van der Waals surface area contributed by atoms with Crippen molar-refractivity contribution in [3.63, 3.8) is 0 Å². The molecule has 0 heterocycles. The van der Waals surface area contributed by atoms with Crippen molar-refractivity contribution in [2.75, 3.05) is 0 Å². The lowest BCUT2D eigenvalue weighted by atomic mass is 10.2. The number of aromatic hydroxyl groups is 1. The van der Waals surface area contributed by atoms with Gasteiger partial charge in [-0.2, -0.15) is 0 Å². The Morgan fingerprint density at radius 1 is 1.58 bits per heavy atom. The van der Waals surface area contributed by atoms with Gasteiger partial charge in [-0.25, -0.2) is 4.39 Å². The van der Waals surface area contributed by atoms with Crippen molar-refractivity contribution >= 4 is 21.8 Å². The van der Waals surface area contributed by atoms with E-state index >= 15 is 0 Å². The largest absolute Gasteiger partial charge is 0.507 e. The second kappa shape index (κ2) is 3.10. The van der Waals surface area contributed by atoms with Crippen molar-refractivity contribution in [3.8, 4) is 5.75 Å². The Kier molecular flexibility index (Phi) is 2.32. The first kappa shape index (κ1) is 8.99. The molecule has 5 heteroatoms. The summed E-state index contributed by atoms with van der Waals surface area (Å²) in [4.78, 5) is 10.6. The number of phenols is 1. The van der Waals surface area contributed by atoms with Gasteiger partial charge in [0.2, 0.25) is 0 Å². The van der Waals surface area contributed by atoms with Crippen LogP contribution in [0.5, 0.6) is 5.75 Å². The van der Waals surface area contributed by atoms with Crippen molar-refractivity contribution in [1.29, 1.82) is 0 Å². The monoisotopic (exact) mass is 233 g/mol. The number of rotatable bonds is 1. The van der Waals surface area contributed by atoms with Gasteiger partial charge in [-0.15, -0.1) is 0 Å². The van der Waals surface area contributed by atoms with Gasteiger partial charge < -0.3 is 10.8 Å². The normalized spacial score (nSPS) is 9.83. The molecular formula is C7H5BrFNO2. The van der Waals surface area contributed by atoms with Gasteiger partial charge in [-0.3, -0.25) is 4.79 Å². The lowest BCUT2D eigenvalue weighted by Crippen LogP contribution is -2.11. The number of hydrogen-bond acceptors (Lipinski definition) is 2. The molecule has 0 aliphatic rings. The number of hydrogen-bond donors (Lipinski definition) is 2. The molecule has 64 valence electrons. The van der Waals surface area contributed by atoms with Crippen LogP contribution in [-0.2, 0) is 0 Å². The van der Waals surface area contributed by atoms with Crippen LogP contribution in [0.1, 0.15) is 10.4 Å². The summed E-state index contributed by atoms with van der Waals surface area (Å²) in [5.41, 5.74) is 4.78. The first-order chi connectivity index (χ1) is 5.52. The Balaban J connectivity index is 3.33. The number of carbonyl (C=O) groups excluding carboxylic acids is 1. The van der Waals surface area contributed by atoms with Gasteiger partial charge in [0.1, 0.15) is 11.6 Å². The fraction of sp³-hybridized carbons (Fsp3) is 0. The molecule has 3 nitrogen and oxygen atoms in total. The zero-order valence-corrected chi connectivity index (χ0v) is 7.43. The number of benzene rings is 1. The maximum absolute atomic E-state index is 12.7. The van der Waals surface area contributed by atoms with Gasteiger partial charge in [0, 0.05) is 6.07 Å². The van der Waals surface area contributed by atoms with Crippen LogP contribution < -0.4 is 5.73 Å². The molecule has 0 aliphatic carbocycles. The molecule has 0 atom stereocenters. The van der Waals surface area contributed by atoms with Crippen LogP contribution in [0.3, 0.4) is 0 Å². The third kappa shape index (κ3) is 1.55. The average Bonchev–Trinajstić information content (AvgIpc) is 1.96. The highest BCUT2D eigenvalue weighted by molar-refractivity contribution is 9.10. The molecule has 12 heavy (non-hydrogen) atoms. The molecule has 0 aliphatic heterocycles. The topological polar surface area (TPSA) is 63.3 Å². The summed E-state index contributed by atoms with van der Waals surface area (Å²) in [6, 6.07) is 1.96. The predicted octanol–water partition coefficient (Wildman–Crippen LogP) is 1.39. The summed E-state index contributed by atoms with van der Waals surface area (Å²) in [6.45, 7) is 0. The quantitative estimate of drug-likeness (QED) is 0.771. The second-order valence-electron chi connectivity index (χ2n) is 2.15. The standard InChI is InChI=1S/C7H5BrFNO2/c8-4-1-3(7(10)12)6(11)2-5(4)9/h1-2,11H,(H2,10,12). The molecular weight excluding hydrogens is 229 g/mol. The van der Waals surface area contributed by atoms with Gasteiger partial charge >= 0.3 is 0 Å². The molecule has 0 unspecified atom stereocenters. The SMILES string of the molecule is NC(=O)c1cc(Br)c(F)cc1O. The molecule has 0 saturated carbocycles. The summed E-state index contributed by atoms with van der Waals surface area (Å²) in [6.07, 6.45) is 0. The average molecular weight is 234 g/mol. The lowest BCUT2D eigenvalue weighted by Gasteiger charge is -2.01. The third-order valence-electron chi connectivity index (χ3n) is 1.30. The van der Waals surface area contributed by atoms with Crippen LogP contribution in [0, 0.1) is 5.82 Å². The van der Waals surface area contributed by atoms with E-state index in [9.17, 15) is 9.18 Å². The van der Waals surface area contributed by atoms with Crippen molar-refractivity contribution in [2.24, 2.45) is 5.73 Å². The van der Waals surface area contributed by atoms with E-state index in [0.29, 0.717) is 0 Å². The lowest BCUT2D eigenvalue weighted by molar-refractivity contribution is 0.0997. The molecule has 1 aromatic rings. The molecule has 0 saturated heterocycles. The minimum absolute atomic E-state index is 0.0918. The van der Waals surface area contributed by atoms with E-state index in [1.807, 2.05) is 0 Å². The van der Waals surface area contributed by atoms with Crippen molar-refractivity contribution in [2.45, 2.75) is 0 Å². The molecule has 0 spiro atoms. The van der Waals surface area contributed by atoms with Crippen LogP contribution in [-0.4, -0.2) is 11.0 Å². The minimum Gasteiger partial charge on any atom is -0.507 e. The Hall–Kier alpha value is -1.10. The third-order valence-corrected chi connectivity index (χ3v) is 1.91. The highest BCUT2D eigenvalue weighted by atomic mass is 79.9. The van der Waals surface area contributed by atoms with Crippen molar-refractivity contribution in [3.05, 3.63) is 28.0 Å². The van der Waals surface area contributed by atoms with Crippen molar-refractivity contribution in [1.82, 2.24) is 0 Å². The molecule has 0 radical (unpaired) electrons. The molecule has 0 fully saturated rings. The minimum atomic E-state index is -0.798. The number of amides is 1. The summed E-state index contributed by atoms with van der Waals surface area (Å²) in [5, 5.41) is 9.02. The molecule has 1 aromatic carbocycles. The second-order valence-corrected chi connectivity index (χ2v) is 3.00. The summed E-state index contributed by atoms with van der Waals surface area (Å²) in [7, 11) is 0. The maximum atomic E-state index is 12.7. The fourth-order valence-corrected chi connectivity index (χ4v) is 1.08. The van der Waals surface area contributed by atoms with E-state index in [-0.39, 0.29) is 10.0 Å². The van der Waals surface area contributed by atoms with Crippen LogP contribution >= 0.6 is 15.9 Å². The van der Waals surface area contributed by atoms with E-state index in [1.165, 1.54) is 0 Å². The van der Waals surface area contributed by atoms with E-state index < -0.39 is 17.5 Å². The number of primary amides is 1. The highest BCUT2D eigenvalue weighted by Crippen LogP contribution is 2.24. The zero-order chi connectivity index (χ0) is 9.30. The molecule has 0 bridgehead atoms.